The maximum absolute atomic E-state index is 6.59. The lowest BCUT2D eigenvalue weighted by Crippen LogP contribution is -2.45. The summed E-state index contributed by atoms with van der Waals surface area (Å²) in [5.74, 6) is 0.715. The first-order valence-corrected chi connectivity index (χ1v) is 6.37. The van der Waals surface area contributed by atoms with E-state index in [0.29, 0.717) is 5.92 Å². The first-order valence-electron chi connectivity index (χ1n) is 6.37. The van der Waals surface area contributed by atoms with Gasteiger partial charge in [-0.2, -0.15) is 0 Å². The van der Waals surface area contributed by atoms with Crippen molar-refractivity contribution in [3.63, 3.8) is 0 Å². The van der Waals surface area contributed by atoms with Gasteiger partial charge in [-0.3, -0.25) is 0 Å². The SMILES string of the molecule is CCCC1CC1(N)C(C)(C)c1ccccc1. The highest BCUT2D eigenvalue weighted by atomic mass is 14.9. The molecule has 1 saturated carbocycles. The van der Waals surface area contributed by atoms with Crippen molar-refractivity contribution >= 4 is 0 Å². The zero-order valence-corrected chi connectivity index (χ0v) is 10.7. The van der Waals surface area contributed by atoms with Crippen molar-refractivity contribution in [1.29, 1.82) is 0 Å². The molecule has 2 rings (SSSR count). The van der Waals surface area contributed by atoms with Crippen molar-refractivity contribution in [3.8, 4) is 0 Å². The zero-order chi connectivity index (χ0) is 11.8. The Morgan fingerprint density at radius 2 is 1.94 bits per heavy atom. The van der Waals surface area contributed by atoms with E-state index in [0.717, 1.165) is 0 Å². The molecule has 1 fully saturated rings. The lowest BCUT2D eigenvalue weighted by Gasteiger charge is -2.34. The van der Waals surface area contributed by atoms with Gasteiger partial charge in [0.2, 0.25) is 0 Å². The van der Waals surface area contributed by atoms with Gasteiger partial charge in [-0.1, -0.05) is 57.5 Å². The van der Waals surface area contributed by atoms with Crippen LogP contribution in [0, 0.1) is 5.92 Å². The van der Waals surface area contributed by atoms with Crippen LogP contribution < -0.4 is 5.73 Å². The molecule has 88 valence electrons. The van der Waals surface area contributed by atoms with Crippen molar-refractivity contribution in [3.05, 3.63) is 35.9 Å². The summed E-state index contributed by atoms with van der Waals surface area (Å²) in [6, 6.07) is 10.7. The van der Waals surface area contributed by atoms with Crippen molar-refractivity contribution in [2.75, 3.05) is 0 Å². The molecule has 0 radical (unpaired) electrons. The first kappa shape index (κ1) is 11.7. The van der Waals surface area contributed by atoms with Gasteiger partial charge in [0.05, 0.1) is 0 Å². The van der Waals surface area contributed by atoms with Gasteiger partial charge in [0.15, 0.2) is 0 Å². The monoisotopic (exact) mass is 217 g/mol. The molecular weight excluding hydrogens is 194 g/mol. The normalized spacial score (nSPS) is 29.1. The van der Waals surface area contributed by atoms with Crippen LogP contribution in [0.15, 0.2) is 30.3 Å². The van der Waals surface area contributed by atoms with Crippen LogP contribution in [0.5, 0.6) is 0 Å². The second-order valence-corrected chi connectivity index (χ2v) is 5.72. The maximum atomic E-state index is 6.59. The Hall–Kier alpha value is -0.820. The summed E-state index contributed by atoms with van der Waals surface area (Å²) in [7, 11) is 0. The minimum Gasteiger partial charge on any atom is -0.324 e. The fourth-order valence-corrected chi connectivity index (χ4v) is 2.95. The van der Waals surface area contributed by atoms with Crippen molar-refractivity contribution in [1.82, 2.24) is 0 Å². The second kappa shape index (κ2) is 3.89. The number of hydrogen-bond acceptors (Lipinski definition) is 1. The molecule has 1 aliphatic carbocycles. The van der Waals surface area contributed by atoms with E-state index in [1.807, 2.05) is 0 Å². The number of nitrogens with two attached hydrogens (primary N) is 1. The Morgan fingerprint density at radius 3 is 2.50 bits per heavy atom. The largest absolute Gasteiger partial charge is 0.324 e. The van der Waals surface area contributed by atoms with Crippen LogP contribution in [0.1, 0.15) is 45.6 Å². The Kier molecular flexibility index (Phi) is 2.83. The molecule has 0 saturated heterocycles. The quantitative estimate of drug-likeness (QED) is 0.821. The predicted molar refractivity (Wildman–Crippen MR) is 69.4 cm³/mol. The van der Waals surface area contributed by atoms with E-state index in [1.165, 1.54) is 24.8 Å². The van der Waals surface area contributed by atoms with Gasteiger partial charge in [0.1, 0.15) is 0 Å². The fraction of sp³-hybridized carbons (Fsp3) is 0.600. The molecule has 0 aliphatic heterocycles. The molecule has 1 nitrogen and oxygen atoms in total. The Labute approximate surface area is 99.0 Å². The van der Waals surface area contributed by atoms with Gasteiger partial charge in [-0.15, -0.1) is 0 Å². The van der Waals surface area contributed by atoms with Crippen molar-refractivity contribution < 1.29 is 0 Å². The molecule has 2 atom stereocenters. The van der Waals surface area contributed by atoms with Crippen LogP contribution in [0.4, 0.5) is 0 Å². The van der Waals surface area contributed by atoms with E-state index >= 15 is 0 Å². The molecule has 0 amide bonds. The van der Waals surface area contributed by atoms with Crippen LogP contribution >= 0.6 is 0 Å². The molecule has 2 N–H and O–H groups in total. The Balaban J connectivity index is 2.21. The summed E-state index contributed by atoms with van der Waals surface area (Å²) < 4.78 is 0. The maximum Gasteiger partial charge on any atom is 0.0279 e. The van der Waals surface area contributed by atoms with E-state index in [9.17, 15) is 0 Å². The van der Waals surface area contributed by atoms with E-state index in [2.05, 4.69) is 51.1 Å². The average Bonchev–Trinajstić information content (AvgIpc) is 2.93. The highest BCUT2D eigenvalue weighted by molar-refractivity contribution is 5.34. The molecule has 1 heteroatoms. The molecule has 2 unspecified atom stereocenters. The lowest BCUT2D eigenvalue weighted by atomic mass is 9.74. The Bertz CT molecular complexity index is 355. The lowest BCUT2D eigenvalue weighted by molar-refractivity contribution is 0.356. The average molecular weight is 217 g/mol. The third kappa shape index (κ3) is 1.67. The summed E-state index contributed by atoms with van der Waals surface area (Å²) in [5.41, 5.74) is 8.07. The number of hydrogen-bond donors (Lipinski definition) is 1. The summed E-state index contributed by atoms with van der Waals surface area (Å²) in [6.45, 7) is 6.82. The molecular formula is C15H23N. The molecule has 1 aliphatic rings. The second-order valence-electron chi connectivity index (χ2n) is 5.72. The smallest absolute Gasteiger partial charge is 0.0279 e. The molecule has 1 aromatic carbocycles. The molecule has 0 spiro atoms. The third-order valence-corrected chi connectivity index (χ3v) is 4.45. The summed E-state index contributed by atoms with van der Waals surface area (Å²) in [6.07, 6.45) is 3.70. The van der Waals surface area contributed by atoms with Gasteiger partial charge >= 0.3 is 0 Å². The van der Waals surface area contributed by atoms with Crippen LogP contribution in [0.25, 0.3) is 0 Å². The van der Waals surface area contributed by atoms with Gasteiger partial charge in [-0.25, -0.2) is 0 Å². The molecule has 16 heavy (non-hydrogen) atoms. The topological polar surface area (TPSA) is 26.0 Å². The van der Waals surface area contributed by atoms with Crippen LogP contribution in [-0.2, 0) is 5.41 Å². The van der Waals surface area contributed by atoms with E-state index in [-0.39, 0.29) is 11.0 Å². The Morgan fingerprint density at radius 1 is 1.31 bits per heavy atom. The van der Waals surface area contributed by atoms with Crippen LogP contribution in [0.3, 0.4) is 0 Å². The first-order chi connectivity index (χ1) is 7.52. The number of benzene rings is 1. The van der Waals surface area contributed by atoms with Gasteiger partial charge in [0.25, 0.3) is 0 Å². The zero-order valence-electron chi connectivity index (χ0n) is 10.7. The van der Waals surface area contributed by atoms with Gasteiger partial charge in [-0.05, 0) is 24.3 Å². The van der Waals surface area contributed by atoms with E-state index in [1.54, 1.807) is 0 Å². The third-order valence-electron chi connectivity index (χ3n) is 4.45. The fourth-order valence-electron chi connectivity index (χ4n) is 2.95. The number of rotatable bonds is 4. The van der Waals surface area contributed by atoms with E-state index in [4.69, 9.17) is 5.73 Å². The van der Waals surface area contributed by atoms with Crippen LogP contribution in [0.2, 0.25) is 0 Å². The minimum absolute atomic E-state index is 0.0182. The molecule has 1 aromatic rings. The molecule has 0 heterocycles. The van der Waals surface area contributed by atoms with Crippen LogP contribution in [-0.4, -0.2) is 5.54 Å². The predicted octanol–water partition coefficient (Wildman–Crippen LogP) is 3.48. The summed E-state index contributed by atoms with van der Waals surface area (Å²) in [4.78, 5) is 0. The highest BCUT2D eigenvalue weighted by Gasteiger charge is 2.59. The highest BCUT2D eigenvalue weighted by Crippen LogP contribution is 2.55. The standard InChI is InChI=1S/C15H23N/c1-4-8-13-11-15(13,16)14(2,3)12-9-6-5-7-10-12/h5-7,9-10,13H,4,8,11,16H2,1-3H3. The van der Waals surface area contributed by atoms with Crippen molar-refractivity contribution in [2.45, 2.75) is 51.0 Å². The molecule has 0 aromatic heterocycles. The van der Waals surface area contributed by atoms with Gasteiger partial charge < -0.3 is 5.73 Å². The minimum atomic E-state index is 0.0182. The van der Waals surface area contributed by atoms with E-state index < -0.39 is 0 Å². The van der Waals surface area contributed by atoms with Crippen molar-refractivity contribution in [2.24, 2.45) is 11.7 Å². The summed E-state index contributed by atoms with van der Waals surface area (Å²) in [5, 5.41) is 0. The summed E-state index contributed by atoms with van der Waals surface area (Å²) >= 11 is 0. The molecule has 0 bridgehead atoms. The van der Waals surface area contributed by atoms with Gasteiger partial charge in [0, 0.05) is 11.0 Å².